The van der Waals surface area contributed by atoms with E-state index in [0.717, 1.165) is 51.5 Å². The highest BCUT2D eigenvalue weighted by molar-refractivity contribution is 5.79. The van der Waals surface area contributed by atoms with Crippen LogP contribution in [0.1, 0.15) is 32.3 Å². The molecule has 0 fully saturated rings. The molecule has 5 heteroatoms. The van der Waals surface area contributed by atoms with Crippen molar-refractivity contribution in [1.82, 2.24) is 20.4 Å². The largest absolute Gasteiger partial charge is 0.357 e. The SMILES string of the molecule is CCNC(=NCCCN(C)C)NCCC(C)N(C)Cc1ccccc1. The lowest BCUT2D eigenvalue weighted by molar-refractivity contribution is 0.238. The molecule has 1 unspecified atom stereocenters. The first-order valence-corrected chi connectivity index (χ1v) is 9.44. The molecule has 0 spiro atoms. The number of benzene rings is 1. The fourth-order valence-electron chi connectivity index (χ4n) is 2.57. The molecule has 2 N–H and O–H groups in total. The van der Waals surface area contributed by atoms with Crippen molar-refractivity contribution < 1.29 is 0 Å². The van der Waals surface area contributed by atoms with Crippen LogP contribution < -0.4 is 10.6 Å². The maximum Gasteiger partial charge on any atom is 0.191 e. The third kappa shape index (κ3) is 10.1. The van der Waals surface area contributed by atoms with E-state index in [9.17, 15) is 0 Å². The zero-order valence-electron chi connectivity index (χ0n) is 16.8. The number of aliphatic imine (C=N–C) groups is 1. The molecule has 0 aliphatic rings. The van der Waals surface area contributed by atoms with Crippen LogP contribution >= 0.6 is 0 Å². The Balaban J connectivity index is 2.32. The Labute approximate surface area is 154 Å². The third-order valence-corrected chi connectivity index (χ3v) is 4.26. The maximum atomic E-state index is 4.65. The summed E-state index contributed by atoms with van der Waals surface area (Å²) >= 11 is 0. The first-order chi connectivity index (χ1) is 12.0. The molecule has 0 aliphatic carbocycles. The van der Waals surface area contributed by atoms with E-state index in [2.05, 4.69) is 90.7 Å². The van der Waals surface area contributed by atoms with Gasteiger partial charge in [0.2, 0.25) is 0 Å². The lowest BCUT2D eigenvalue weighted by Gasteiger charge is -2.25. The van der Waals surface area contributed by atoms with Gasteiger partial charge in [-0.1, -0.05) is 30.3 Å². The van der Waals surface area contributed by atoms with Gasteiger partial charge in [0.05, 0.1) is 0 Å². The second-order valence-corrected chi connectivity index (χ2v) is 6.88. The zero-order chi connectivity index (χ0) is 18.5. The molecule has 0 saturated heterocycles. The van der Waals surface area contributed by atoms with E-state index in [1.54, 1.807) is 0 Å². The number of hydrogen-bond acceptors (Lipinski definition) is 3. The fourth-order valence-corrected chi connectivity index (χ4v) is 2.57. The minimum Gasteiger partial charge on any atom is -0.357 e. The van der Waals surface area contributed by atoms with E-state index in [4.69, 9.17) is 0 Å². The third-order valence-electron chi connectivity index (χ3n) is 4.26. The quantitative estimate of drug-likeness (QED) is 0.366. The highest BCUT2D eigenvalue weighted by Gasteiger charge is 2.09. The minimum absolute atomic E-state index is 0.518. The molecular weight excluding hydrogens is 310 g/mol. The molecule has 5 nitrogen and oxygen atoms in total. The van der Waals surface area contributed by atoms with Crippen LogP contribution in [0.15, 0.2) is 35.3 Å². The van der Waals surface area contributed by atoms with Crippen molar-refractivity contribution in [3.8, 4) is 0 Å². The molecule has 1 atom stereocenters. The van der Waals surface area contributed by atoms with Crippen LogP contribution in [-0.4, -0.2) is 69.1 Å². The number of nitrogens with one attached hydrogen (secondary N) is 2. The molecular formula is C20H37N5. The zero-order valence-corrected chi connectivity index (χ0v) is 16.8. The molecule has 1 rings (SSSR count). The summed E-state index contributed by atoms with van der Waals surface area (Å²) in [5, 5.41) is 6.78. The maximum absolute atomic E-state index is 4.65. The predicted octanol–water partition coefficient (Wildman–Crippen LogP) is 2.40. The Kier molecular flexibility index (Phi) is 10.9. The molecule has 1 aromatic rings. The Hall–Kier alpha value is -1.59. The molecule has 0 aliphatic heterocycles. The fraction of sp³-hybridized carbons (Fsp3) is 0.650. The van der Waals surface area contributed by atoms with E-state index in [1.807, 2.05) is 0 Å². The van der Waals surface area contributed by atoms with Crippen LogP contribution in [0.5, 0.6) is 0 Å². The van der Waals surface area contributed by atoms with Crippen molar-refractivity contribution in [2.45, 2.75) is 39.3 Å². The van der Waals surface area contributed by atoms with Crippen LogP contribution in [0.2, 0.25) is 0 Å². The summed E-state index contributed by atoms with van der Waals surface area (Å²) in [4.78, 5) is 9.24. The van der Waals surface area contributed by atoms with Crippen molar-refractivity contribution in [1.29, 1.82) is 0 Å². The van der Waals surface area contributed by atoms with Crippen molar-refractivity contribution >= 4 is 5.96 Å². The summed E-state index contributed by atoms with van der Waals surface area (Å²) in [6, 6.07) is 11.2. The first kappa shape index (κ1) is 21.5. The van der Waals surface area contributed by atoms with Gasteiger partial charge in [0.25, 0.3) is 0 Å². The molecule has 0 bridgehead atoms. The van der Waals surface area contributed by atoms with Crippen LogP contribution in [0.4, 0.5) is 0 Å². The van der Waals surface area contributed by atoms with E-state index in [0.29, 0.717) is 6.04 Å². The standard InChI is InChI=1S/C20H37N5/c1-6-21-20(22-14-10-16-24(3)4)23-15-13-18(2)25(5)17-19-11-8-7-9-12-19/h7-9,11-12,18H,6,10,13-17H2,1-5H3,(H2,21,22,23). The van der Waals surface area contributed by atoms with Gasteiger partial charge in [-0.3, -0.25) is 9.89 Å². The van der Waals surface area contributed by atoms with Crippen molar-refractivity contribution in [2.75, 3.05) is 47.3 Å². The van der Waals surface area contributed by atoms with Gasteiger partial charge in [-0.05, 0) is 59.9 Å². The highest BCUT2D eigenvalue weighted by atomic mass is 15.2. The average Bonchev–Trinajstić information content (AvgIpc) is 2.59. The van der Waals surface area contributed by atoms with Gasteiger partial charge in [0.1, 0.15) is 0 Å². The molecule has 25 heavy (non-hydrogen) atoms. The second-order valence-electron chi connectivity index (χ2n) is 6.88. The van der Waals surface area contributed by atoms with E-state index >= 15 is 0 Å². The predicted molar refractivity (Wildman–Crippen MR) is 109 cm³/mol. The van der Waals surface area contributed by atoms with E-state index < -0.39 is 0 Å². The molecule has 0 amide bonds. The Bertz CT molecular complexity index is 472. The highest BCUT2D eigenvalue weighted by Crippen LogP contribution is 2.07. The number of nitrogens with zero attached hydrogens (tertiary/aromatic N) is 3. The second kappa shape index (κ2) is 12.7. The van der Waals surface area contributed by atoms with Gasteiger partial charge in [-0.15, -0.1) is 0 Å². The number of hydrogen-bond donors (Lipinski definition) is 2. The van der Waals surface area contributed by atoms with Crippen LogP contribution in [0.25, 0.3) is 0 Å². The van der Waals surface area contributed by atoms with Gasteiger partial charge in [0.15, 0.2) is 5.96 Å². The molecule has 142 valence electrons. The van der Waals surface area contributed by atoms with Gasteiger partial charge in [-0.25, -0.2) is 0 Å². The minimum atomic E-state index is 0.518. The molecule has 0 radical (unpaired) electrons. The summed E-state index contributed by atoms with van der Waals surface area (Å²) in [7, 11) is 6.39. The average molecular weight is 348 g/mol. The molecule has 0 saturated carbocycles. The Morgan fingerprint density at radius 1 is 1.12 bits per heavy atom. The van der Waals surface area contributed by atoms with E-state index in [1.165, 1.54) is 5.56 Å². The van der Waals surface area contributed by atoms with Gasteiger partial charge < -0.3 is 15.5 Å². The topological polar surface area (TPSA) is 42.9 Å². The van der Waals surface area contributed by atoms with Crippen molar-refractivity contribution in [3.05, 3.63) is 35.9 Å². The number of guanidine groups is 1. The van der Waals surface area contributed by atoms with Crippen LogP contribution in [0, 0.1) is 0 Å². The number of rotatable bonds is 11. The molecule has 0 aromatic heterocycles. The van der Waals surface area contributed by atoms with Crippen LogP contribution in [-0.2, 0) is 6.54 Å². The normalized spacial score (nSPS) is 13.3. The van der Waals surface area contributed by atoms with Gasteiger partial charge in [-0.2, -0.15) is 0 Å². The van der Waals surface area contributed by atoms with Gasteiger partial charge >= 0.3 is 0 Å². The Morgan fingerprint density at radius 3 is 2.48 bits per heavy atom. The monoisotopic (exact) mass is 347 g/mol. The summed E-state index contributed by atoms with van der Waals surface area (Å²) in [6.45, 7) is 9.13. The van der Waals surface area contributed by atoms with Crippen molar-refractivity contribution in [3.63, 3.8) is 0 Å². The first-order valence-electron chi connectivity index (χ1n) is 9.44. The lowest BCUT2D eigenvalue weighted by atomic mass is 10.1. The van der Waals surface area contributed by atoms with Crippen molar-refractivity contribution in [2.24, 2.45) is 4.99 Å². The summed E-state index contributed by atoms with van der Waals surface area (Å²) in [6.07, 6.45) is 2.17. The van der Waals surface area contributed by atoms with Gasteiger partial charge in [0, 0.05) is 32.2 Å². The molecule has 1 aromatic carbocycles. The summed E-state index contributed by atoms with van der Waals surface area (Å²) in [5.41, 5.74) is 1.36. The Morgan fingerprint density at radius 2 is 1.84 bits per heavy atom. The van der Waals surface area contributed by atoms with E-state index in [-0.39, 0.29) is 0 Å². The smallest absolute Gasteiger partial charge is 0.191 e. The van der Waals surface area contributed by atoms with Crippen LogP contribution in [0.3, 0.4) is 0 Å². The summed E-state index contributed by atoms with van der Waals surface area (Å²) in [5.74, 6) is 0.930. The lowest BCUT2D eigenvalue weighted by Crippen LogP contribution is -2.40. The molecule has 0 heterocycles. The summed E-state index contributed by atoms with van der Waals surface area (Å²) < 4.78 is 0.